The van der Waals surface area contributed by atoms with E-state index in [1.165, 1.54) is 14.2 Å². The highest BCUT2D eigenvalue weighted by molar-refractivity contribution is 5.73. The Balaban J connectivity index is 1.96. The van der Waals surface area contributed by atoms with Crippen LogP contribution in [0.2, 0.25) is 0 Å². The van der Waals surface area contributed by atoms with Crippen LogP contribution in [0.1, 0.15) is 13.8 Å². The number of aromatic nitrogens is 5. The largest absolute Gasteiger partial charge is 0.493 e. The average Bonchev–Trinajstić information content (AvgIpc) is 3.28. The second-order valence-electron chi connectivity index (χ2n) is 8.19. The summed E-state index contributed by atoms with van der Waals surface area (Å²) in [6.07, 6.45) is 5.20. The molecule has 0 amide bonds. The van der Waals surface area contributed by atoms with E-state index in [2.05, 4.69) is 20.4 Å². The Labute approximate surface area is 201 Å². The van der Waals surface area contributed by atoms with Crippen molar-refractivity contribution in [2.75, 3.05) is 20.8 Å². The lowest BCUT2D eigenvalue weighted by Crippen LogP contribution is -2.31. The van der Waals surface area contributed by atoms with Gasteiger partial charge in [0.15, 0.2) is 28.8 Å². The number of rotatable bonds is 8. The summed E-state index contributed by atoms with van der Waals surface area (Å²) in [5, 5.41) is 7.54. The summed E-state index contributed by atoms with van der Waals surface area (Å²) in [5.74, 6) is -2.19. The summed E-state index contributed by atoms with van der Waals surface area (Å²) < 4.78 is 43.7. The molecule has 11 heteroatoms. The van der Waals surface area contributed by atoms with Crippen LogP contribution in [0, 0.1) is 11.6 Å². The molecule has 0 aliphatic carbocycles. The van der Waals surface area contributed by atoms with Crippen LogP contribution in [0.5, 0.6) is 11.5 Å². The van der Waals surface area contributed by atoms with Crippen molar-refractivity contribution in [3.05, 3.63) is 53.9 Å². The number of halogens is 2. The van der Waals surface area contributed by atoms with Crippen LogP contribution >= 0.6 is 0 Å². The predicted octanol–water partition coefficient (Wildman–Crippen LogP) is 3.36. The van der Waals surface area contributed by atoms with Crippen molar-refractivity contribution >= 4 is 16.9 Å². The summed E-state index contributed by atoms with van der Waals surface area (Å²) in [7, 11) is 4.41. The molecule has 3 heterocycles. The van der Waals surface area contributed by atoms with Crippen molar-refractivity contribution in [3.63, 3.8) is 0 Å². The Morgan fingerprint density at radius 2 is 1.80 bits per heavy atom. The van der Waals surface area contributed by atoms with Crippen molar-refractivity contribution in [3.8, 4) is 22.8 Å². The van der Waals surface area contributed by atoms with E-state index in [1.54, 1.807) is 33.8 Å². The van der Waals surface area contributed by atoms with Crippen LogP contribution in [0.15, 0.2) is 41.8 Å². The van der Waals surface area contributed by atoms with Crippen LogP contribution in [0.4, 0.5) is 14.5 Å². The maximum absolute atomic E-state index is 15.1. The van der Waals surface area contributed by atoms with Gasteiger partial charge in [0.05, 0.1) is 32.3 Å². The molecule has 0 radical (unpaired) electrons. The number of aryl methyl sites for hydroxylation is 1. The molecule has 9 nitrogen and oxygen atoms in total. The van der Waals surface area contributed by atoms with E-state index in [0.717, 1.165) is 11.6 Å². The first-order valence-electron chi connectivity index (χ1n) is 11.1. The Kier molecular flexibility index (Phi) is 7.06. The first kappa shape index (κ1) is 24.3. The van der Waals surface area contributed by atoms with Crippen molar-refractivity contribution in [1.29, 1.82) is 0 Å². The Hall–Kier alpha value is -3.86. The number of pyridine rings is 1. The standard InChI is InChI=1S/C24H27F2N7O2/c1-14(2)27-8-9-33-20(31-23-21(25)18(34-4)10-19(35-5)22(23)26)7-6-16-24(33)30-17(12-28-16)15-11-29-32(3)13-15/h6-7,10-14,27H,8-9H2,1-5H3. The highest BCUT2D eigenvalue weighted by Gasteiger charge is 2.20. The number of nitrogens with one attached hydrogen (secondary N) is 1. The number of nitrogens with zero attached hydrogens (tertiary/aromatic N) is 6. The molecule has 1 N–H and O–H groups in total. The molecule has 0 saturated heterocycles. The number of benzene rings is 1. The summed E-state index contributed by atoms with van der Waals surface area (Å²) in [5.41, 5.74) is 2.34. The van der Waals surface area contributed by atoms with Crippen molar-refractivity contribution < 1.29 is 18.3 Å². The van der Waals surface area contributed by atoms with Gasteiger partial charge in [-0.05, 0) is 12.1 Å². The summed E-state index contributed by atoms with van der Waals surface area (Å²) in [4.78, 5) is 13.7. The molecule has 0 unspecified atom stereocenters. The molecule has 35 heavy (non-hydrogen) atoms. The third kappa shape index (κ3) is 4.99. The first-order chi connectivity index (χ1) is 16.8. The Morgan fingerprint density at radius 3 is 2.40 bits per heavy atom. The number of ether oxygens (including phenoxy) is 2. The minimum absolute atomic E-state index is 0.172. The van der Waals surface area contributed by atoms with E-state index in [0.29, 0.717) is 35.4 Å². The fourth-order valence-corrected chi connectivity index (χ4v) is 3.62. The molecule has 4 rings (SSSR count). The molecule has 0 spiro atoms. The lowest BCUT2D eigenvalue weighted by Gasteiger charge is -2.14. The number of hydrogen-bond donors (Lipinski definition) is 1. The van der Waals surface area contributed by atoms with E-state index in [1.807, 2.05) is 27.1 Å². The third-order valence-corrected chi connectivity index (χ3v) is 5.37. The molecular formula is C24H27F2N7O2. The van der Waals surface area contributed by atoms with Gasteiger partial charge in [0.25, 0.3) is 0 Å². The van der Waals surface area contributed by atoms with Gasteiger partial charge in [0.1, 0.15) is 16.7 Å². The van der Waals surface area contributed by atoms with Crippen molar-refractivity contribution in [1.82, 2.24) is 29.6 Å². The lowest BCUT2D eigenvalue weighted by atomic mass is 10.2. The highest BCUT2D eigenvalue weighted by Crippen LogP contribution is 2.36. The SMILES string of the molecule is COc1cc(OC)c(F)c(N=c2ccc3ncc(-c4cnn(C)c4)nc3n2CCNC(C)C)c1F. The smallest absolute Gasteiger partial charge is 0.193 e. The van der Waals surface area contributed by atoms with E-state index in [-0.39, 0.29) is 17.5 Å². The lowest BCUT2D eigenvalue weighted by molar-refractivity contribution is 0.359. The zero-order chi connectivity index (χ0) is 25.1. The van der Waals surface area contributed by atoms with Crippen LogP contribution in [-0.4, -0.2) is 51.1 Å². The molecule has 4 aromatic rings. The minimum Gasteiger partial charge on any atom is -0.493 e. The van der Waals surface area contributed by atoms with Gasteiger partial charge in [0.2, 0.25) is 0 Å². The van der Waals surface area contributed by atoms with Crippen LogP contribution < -0.4 is 20.3 Å². The first-order valence-corrected chi connectivity index (χ1v) is 11.1. The topological polar surface area (TPSA) is 91.4 Å². The van der Waals surface area contributed by atoms with Gasteiger partial charge in [-0.3, -0.25) is 9.67 Å². The van der Waals surface area contributed by atoms with Gasteiger partial charge >= 0.3 is 0 Å². The Morgan fingerprint density at radius 1 is 1.09 bits per heavy atom. The minimum atomic E-state index is -0.923. The summed E-state index contributed by atoms with van der Waals surface area (Å²) in [6.45, 7) is 5.08. The third-order valence-electron chi connectivity index (χ3n) is 5.37. The van der Waals surface area contributed by atoms with Gasteiger partial charge in [0, 0.05) is 44.0 Å². The Bertz CT molecular complexity index is 1400. The molecule has 0 aliphatic rings. The van der Waals surface area contributed by atoms with Gasteiger partial charge in [-0.1, -0.05) is 13.8 Å². The molecule has 1 aromatic carbocycles. The van der Waals surface area contributed by atoms with Gasteiger partial charge in [-0.2, -0.15) is 5.10 Å². The van der Waals surface area contributed by atoms with Crippen LogP contribution in [0.3, 0.4) is 0 Å². The monoisotopic (exact) mass is 483 g/mol. The molecule has 0 aliphatic heterocycles. The predicted molar refractivity (Wildman–Crippen MR) is 128 cm³/mol. The zero-order valence-corrected chi connectivity index (χ0v) is 20.2. The molecule has 3 aromatic heterocycles. The van der Waals surface area contributed by atoms with Crippen molar-refractivity contribution in [2.24, 2.45) is 12.0 Å². The normalized spacial score (nSPS) is 12.1. The van der Waals surface area contributed by atoms with Crippen LogP contribution in [0.25, 0.3) is 22.4 Å². The fourth-order valence-electron chi connectivity index (χ4n) is 3.62. The zero-order valence-electron chi connectivity index (χ0n) is 20.2. The molecule has 184 valence electrons. The molecule has 0 atom stereocenters. The van der Waals surface area contributed by atoms with E-state index >= 15 is 8.78 Å². The number of methoxy groups -OCH3 is 2. The van der Waals surface area contributed by atoms with Gasteiger partial charge in [-0.25, -0.2) is 18.8 Å². The fraction of sp³-hybridized carbons (Fsp3) is 0.333. The van der Waals surface area contributed by atoms with Gasteiger partial charge in [-0.15, -0.1) is 0 Å². The van der Waals surface area contributed by atoms with E-state index in [9.17, 15) is 0 Å². The average molecular weight is 484 g/mol. The second kappa shape index (κ2) is 10.2. The maximum atomic E-state index is 15.1. The molecular weight excluding hydrogens is 456 g/mol. The summed E-state index contributed by atoms with van der Waals surface area (Å²) >= 11 is 0. The molecule has 0 saturated carbocycles. The second-order valence-corrected chi connectivity index (χ2v) is 8.19. The van der Waals surface area contributed by atoms with E-state index in [4.69, 9.17) is 14.5 Å². The van der Waals surface area contributed by atoms with Crippen molar-refractivity contribution in [2.45, 2.75) is 26.4 Å². The maximum Gasteiger partial charge on any atom is 0.193 e. The molecule has 0 fully saturated rings. The summed E-state index contributed by atoms with van der Waals surface area (Å²) in [6, 6.07) is 4.77. The van der Waals surface area contributed by atoms with E-state index < -0.39 is 17.3 Å². The number of fused-ring (bicyclic) bond motifs is 1. The van der Waals surface area contributed by atoms with Crippen LogP contribution in [-0.2, 0) is 13.6 Å². The van der Waals surface area contributed by atoms with Gasteiger partial charge < -0.3 is 19.4 Å². The quantitative estimate of drug-likeness (QED) is 0.413. The highest BCUT2D eigenvalue weighted by atomic mass is 19.1. The number of hydrogen-bond acceptors (Lipinski definition) is 7. The molecule has 0 bridgehead atoms.